The summed E-state index contributed by atoms with van der Waals surface area (Å²) >= 11 is 5.90. The molecule has 0 spiro atoms. The zero-order chi connectivity index (χ0) is 16.5. The average molecular weight is 344 g/mol. The number of halogens is 1. The lowest BCUT2D eigenvalue weighted by Gasteiger charge is -2.34. The summed E-state index contributed by atoms with van der Waals surface area (Å²) in [4.78, 5) is 21.2. The van der Waals surface area contributed by atoms with Crippen LogP contribution in [0.15, 0.2) is 42.6 Å². The Hall–Kier alpha value is -2.11. The number of para-hydroxylation sites is 1. The van der Waals surface area contributed by atoms with Crippen molar-refractivity contribution < 1.29 is 9.53 Å². The summed E-state index contributed by atoms with van der Waals surface area (Å²) in [7, 11) is 0. The number of hydrogen-bond acceptors (Lipinski definition) is 4. The topological polar surface area (TPSA) is 45.7 Å². The number of benzene rings is 1. The van der Waals surface area contributed by atoms with E-state index in [-0.39, 0.29) is 5.91 Å². The van der Waals surface area contributed by atoms with Crippen molar-refractivity contribution >= 4 is 29.0 Å². The van der Waals surface area contributed by atoms with E-state index in [1.54, 1.807) is 6.20 Å². The molecule has 1 fully saturated rings. The molecule has 2 aliphatic heterocycles. The van der Waals surface area contributed by atoms with Gasteiger partial charge >= 0.3 is 0 Å². The Balaban J connectivity index is 1.50. The first-order valence-corrected chi connectivity index (χ1v) is 8.47. The summed E-state index contributed by atoms with van der Waals surface area (Å²) in [5.74, 6) is 0.848. The van der Waals surface area contributed by atoms with Gasteiger partial charge in [-0.15, -0.1) is 0 Å². The Labute approximate surface area is 145 Å². The Morgan fingerprint density at radius 3 is 2.92 bits per heavy atom. The molecule has 1 atom stereocenters. The molecule has 1 saturated heterocycles. The lowest BCUT2D eigenvalue weighted by atomic mass is 10.2. The van der Waals surface area contributed by atoms with Gasteiger partial charge in [-0.2, -0.15) is 0 Å². The van der Waals surface area contributed by atoms with E-state index < -0.39 is 6.10 Å². The minimum absolute atomic E-state index is 0.0265. The molecule has 1 amide bonds. The number of ether oxygens (including phenoxy) is 1. The van der Waals surface area contributed by atoms with Crippen LogP contribution in [0.1, 0.15) is 5.56 Å². The summed E-state index contributed by atoms with van der Waals surface area (Å²) in [5.41, 5.74) is 2.23. The molecule has 0 radical (unpaired) electrons. The van der Waals surface area contributed by atoms with E-state index in [2.05, 4.69) is 16.0 Å². The predicted molar refractivity (Wildman–Crippen MR) is 93.7 cm³/mol. The van der Waals surface area contributed by atoms with Crippen molar-refractivity contribution in [3.05, 3.63) is 53.2 Å². The van der Waals surface area contributed by atoms with Gasteiger partial charge in [0, 0.05) is 25.0 Å². The second-order valence-electron chi connectivity index (χ2n) is 6.01. The van der Waals surface area contributed by atoms with Crippen molar-refractivity contribution in [3.63, 3.8) is 0 Å². The minimum atomic E-state index is -0.470. The number of morpholine rings is 1. The maximum absolute atomic E-state index is 12.9. The van der Waals surface area contributed by atoms with E-state index >= 15 is 0 Å². The minimum Gasteiger partial charge on any atom is -0.365 e. The third-order valence-electron chi connectivity index (χ3n) is 4.53. The molecule has 4 rings (SSSR count). The number of amides is 1. The fraction of sp³-hybridized carbons (Fsp3) is 0.333. The van der Waals surface area contributed by atoms with Gasteiger partial charge in [0.2, 0.25) is 0 Å². The highest BCUT2D eigenvalue weighted by Gasteiger charge is 2.34. The van der Waals surface area contributed by atoms with Gasteiger partial charge in [-0.1, -0.05) is 29.8 Å². The normalized spacial score (nSPS) is 20.1. The molecule has 2 aliphatic rings. The molecule has 1 aromatic carbocycles. The molecule has 124 valence electrons. The van der Waals surface area contributed by atoms with Gasteiger partial charge in [-0.25, -0.2) is 4.98 Å². The molecule has 1 unspecified atom stereocenters. The van der Waals surface area contributed by atoms with Crippen LogP contribution in [0, 0.1) is 0 Å². The lowest BCUT2D eigenvalue weighted by Crippen LogP contribution is -2.51. The first-order valence-electron chi connectivity index (χ1n) is 8.10. The molecule has 5 nitrogen and oxygen atoms in total. The number of carbonyl (C=O) groups is 1. The second kappa shape index (κ2) is 6.42. The number of hydrogen-bond donors (Lipinski definition) is 0. The van der Waals surface area contributed by atoms with Crippen LogP contribution >= 0.6 is 11.6 Å². The molecule has 0 aliphatic carbocycles. The van der Waals surface area contributed by atoms with Gasteiger partial charge < -0.3 is 14.5 Å². The first kappa shape index (κ1) is 15.4. The Morgan fingerprint density at radius 2 is 2.08 bits per heavy atom. The third-order valence-corrected chi connectivity index (χ3v) is 4.75. The predicted octanol–water partition coefficient (Wildman–Crippen LogP) is 2.53. The zero-order valence-corrected chi connectivity index (χ0v) is 13.9. The standard InChI is InChI=1S/C18H18ClN3O2/c19-14-5-6-17(20-11-14)21-9-10-24-16(12-21)18(23)22-8-7-13-3-1-2-4-15(13)22/h1-6,11,16H,7-10,12H2. The summed E-state index contributed by atoms with van der Waals surface area (Å²) < 4.78 is 5.76. The Bertz CT molecular complexity index is 750. The molecule has 0 N–H and O–H groups in total. The molecule has 3 heterocycles. The van der Waals surface area contributed by atoms with Crippen LogP contribution in [0.5, 0.6) is 0 Å². The molecule has 24 heavy (non-hydrogen) atoms. The molecule has 1 aromatic heterocycles. The van der Waals surface area contributed by atoms with Gasteiger partial charge in [0.25, 0.3) is 5.91 Å². The molecule has 0 bridgehead atoms. The smallest absolute Gasteiger partial charge is 0.257 e. The van der Waals surface area contributed by atoms with Crippen molar-refractivity contribution in [2.24, 2.45) is 0 Å². The maximum atomic E-state index is 12.9. The molecular formula is C18H18ClN3O2. The van der Waals surface area contributed by atoms with Crippen molar-refractivity contribution in [2.45, 2.75) is 12.5 Å². The highest BCUT2D eigenvalue weighted by molar-refractivity contribution is 6.30. The second-order valence-corrected chi connectivity index (χ2v) is 6.45. The number of rotatable bonds is 2. The van der Waals surface area contributed by atoms with Gasteiger partial charge in [-0.05, 0) is 30.2 Å². The van der Waals surface area contributed by atoms with Crippen LogP contribution in [0.3, 0.4) is 0 Å². The SMILES string of the molecule is O=C(C1CN(c2ccc(Cl)cn2)CCO1)N1CCc2ccccc21. The molecule has 2 aromatic rings. The fourth-order valence-electron chi connectivity index (χ4n) is 3.30. The Morgan fingerprint density at radius 1 is 1.21 bits per heavy atom. The largest absolute Gasteiger partial charge is 0.365 e. The van der Waals surface area contributed by atoms with Crippen molar-refractivity contribution in [1.82, 2.24) is 4.98 Å². The van der Waals surface area contributed by atoms with Gasteiger partial charge in [0.05, 0.1) is 18.2 Å². The number of carbonyl (C=O) groups excluding carboxylic acids is 1. The fourth-order valence-corrected chi connectivity index (χ4v) is 3.41. The van der Waals surface area contributed by atoms with Crippen molar-refractivity contribution in [2.75, 3.05) is 36.0 Å². The van der Waals surface area contributed by atoms with Gasteiger partial charge in [-0.3, -0.25) is 4.79 Å². The van der Waals surface area contributed by atoms with Gasteiger partial charge in [0.1, 0.15) is 5.82 Å². The zero-order valence-electron chi connectivity index (χ0n) is 13.2. The van der Waals surface area contributed by atoms with Crippen molar-refractivity contribution in [1.29, 1.82) is 0 Å². The van der Waals surface area contributed by atoms with Crippen LogP contribution in [0.4, 0.5) is 11.5 Å². The number of aromatic nitrogens is 1. The monoisotopic (exact) mass is 343 g/mol. The van der Waals surface area contributed by atoms with Crippen LogP contribution in [0.2, 0.25) is 5.02 Å². The number of pyridine rings is 1. The number of nitrogens with zero attached hydrogens (tertiary/aromatic N) is 3. The first-order chi connectivity index (χ1) is 11.7. The summed E-state index contributed by atoms with van der Waals surface area (Å²) in [6.07, 6.45) is 2.05. The highest BCUT2D eigenvalue weighted by Crippen LogP contribution is 2.29. The van der Waals surface area contributed by atoms with E-state index in [1.165, 1.54) is 5.56 Å². The molecule has 6 heteroatoms. The highest BCUT2D eigenvalue weighted by atomic mass is 35.5. The van der Waals surface area contributed by atoms with E-state index in [0.717, 1.165) is 31.0 Å². The number of fused-ring (bicyclic) bond motifs is 1. The summed E-state index contributed by atoms with van der Waals surface area (Å²) in [5, 5.41) is 0.605. The Kier molecular flexibility index (Phi) is 4.12. The van der Waals surface area contributed by atoms with Crippen LogP contribution < -0.4 is 9.80 Å². The van der Waals surface area contributed by atoms with E-state index in [4.69, 9.17) is 16.3 Å². The summed E-state index contributed by atoms with van der Waals surface area (Å²) in [6, 6.07) is 11.7. The number of anilines is 2. The quantitative estimate of drug-likeness (QED) is 0.840. The van der Waals surface area contributed by atoms with Gasteiger partial charge in [0.15, 0.2) is 6.10 Å². The van der Waals surface area contributed by atoms with Crippen LogP contribution in [-0.2, 0) is 16.0 Å². The van der Waals surface area contributed by atoms with E-state index in [1.807, 2.05) is 35.2 Å². The van der Waals surface area contributed by atoms with Crippen LogP contribution in [-0.4, -0.2) is 43.2 Å². The van der Waals surface area contributed by atoms with E-state index in [0.29, 0.717) is 18.2 Å². The molecule has 0 saturated carbocycles. The lowest BCUT2D eigenvalue weighted by molar-refractivity contribution is -0.130. The van der Waals surface area contributed by atoms with Crippen molar-refractivity contribution in [3.8, 4) is 0 Å². The third kappa shape index (κ3) is 2.85. The van der Waals surface area contributed by atoms with E-state index in [9.17, 15) is 4.79 Å². The average Bonchev–Trinajstić information content (AvgIpc) is 3.06. The van der Waals surface area contributed by atoms with Crippen LogP contribution in [0.25, 0.3) is 0 Å². The maximum Gasteiger partial charge on any atom is 0.257 e. The molecular weight excluding hydrogens is 326 g/mol. The summed E-state index contributed by atoms with van der Waals surface area (Å²) in [6.45, 7) is 2.45.